The third-order valence-corrected chi connectivity index (χ3v) is 4.66. The van der Waals surface area contributed by atoms with Crippen LogP contribution in [0.2, 0.25) is 0 Å². The molecule has 0 saturated carbocycles. The highest BCUT2D eigenvalue weighted by Gasteiger charge is 2.31. The summed E-state index contributed by atoms with van der Waals surface area (Å²) in [6, 6.07) is 3.54. The van der Waals surface area contributed by atoms with Gasteiger partial charge in [0.05, 0.1) is 0 Å². The van der Waals surface area contributed by atoms with Crippen molar-refractivity contribution in [3.63, 3.8) is 0 Å². The number of rotatable bonds is 4. The molecule has 9 heteroatoms. The number of carbonyl (C=O) groups is 1. The highest BCUT2D eigenvalue weighted by molar-refractivity contribution is 7.10. The zero-order valence-corrected chi connectivity index (χ0v) is 13.3. The summed E-state index contributed by atoms with van der Waals surface area (Å²) < 4.78 is 0. The van der Waals surface area contributed by atoms with Gasteiger partial charge in [0.1, 0.15) is 11.7 Å². The summed E-state index contributed by atoms with van der Waals surface area (Å²) in [7, 11) is 0. The number of thiophene rings is 1. The van der Waals surface area contributed by atoms with E-state index in [4.69, 9.17) is 17.2 Å². The van der Waals surface area contributed by atoms with Crippen LogP contribution in [-0.4, -0.2) is 41.4 Å². The molecule has 1 unspecified atom stereocenters. The molecule has 1 aliphatic heterocycles. The van der Waals surface area contributed by atoms with Crippen LogP contribution in [-0.2, 0) is 11.2 Å². The second-order valence-corrected chi connectivity index (χ2v) is 6.37. The first-order valence-corrected chi connectivity index (χ1v) is 8.15. The molecule has 0 aromatic carbocycles. The Hall–Kier alpha value is -2.39. The van der Waals surface area contributed by atoms with Gasteiger partial charge < -0.3 is 27.4 Å². The van der Waals surface area contributed by atoms with E-state index < -0.39 is 0 Å². The maximum atomic E-state index is 12.7. The van der Waals surface area contributed by atoms with Gasteiger partial charge >= 0.3 is 0 Å². The fourth-order valence-corrected chi connectivity index (χ4v) is 3.37. The molecule has 1 fully saturated rings. The summed E-state index contributed by atoms with van der Waals surface area (Å²) in [5.74, 6) is 0.723. The van der Waals surface area contributed by atoms with Crippen molar-refractivity contribution in [1.29, 1.82) is 0 Å². The predicted octanol–water partition coefficient (Wildman–Crippen LogP) is -0.125. The molecule has 2 aromatic heterocycles. The van der Waals surface area contributed by atoms with Gasteiger partial charge in [-0.25, -0.2) is 0 Å². The molecule has 0 spiro atoms. The minimum Gasteiger partial charge on any atom is -0.393 e. The molecular weight excluding hydrogens is 314 g/mol. The van der Waals surface area contributed by atoms with E-state index in [9.17, 15) is 4.79 Å². The largest absolute Gasteiger partial charge is 0.393 e. The summed E-state index contributed by atoms with van der Waals surface area (Å²) in [4.78, 5) is 23.7. The van der Waals surface area contributed by atoms with Crippen LogP contribution in [0.3, 0.4) is 0 Å². The monoisotopic (exact) mass is 333 g/mol. The minimum absolute atomic E-state index is 0.0506. The van der Waals surface area contributed by atoms with Crippen molar-refractivity contribution in [2.24, 2.45) is 0 Å². The van der Waals surface area contributed by atoms with Gasteiger partial charge in [-0.05, 0) is 11.4 Å². The average molecular weight is 333 g/mol. The van der Waals surface area contributed by atoms with Crippen molar-refractivity contribution in [1.82, 2.24) is 15.3 Å². The maximum absolute atomic E-state index is 12.7. The molecule has 0 aliphatic carbocycles. The second-order valence-electron chi connectivity index (χ2n) is 5.34. The summed E-state index contributed by atoms with van der Waals surface area (Å²) in [5.41, 5.74) is 17.7. The zero-order valence-electron chi connectivity index (χ0n) is 12.5. The molecule has 3 heterocycles. The number of anilines is 4. The van der Waals surface area contributed by atoms with E-state index in [1.165, 1.54) is 0 Å². The normalized spacial score (nSPS) is 18.1. The lowest BCUT2D eigenvalue weighted by molar-refractivity contribution is -0.119. The predicted molar refractivity (Wildman–Crippen MR) is 92.3 cm³/mol. The molecule has 7 N–H and O–H groups in total. The molecule has 0 radical (unpaired) electrons. The summed E-state index contributed by atoms with van der Waals surface area (Å²) in [5, 5.41) is 5.20. The Balaban J connectivity index is 1.88. The van der Waals surface area contributed by atoms with Gasteiger partial charge in [0, 0.05) is 30.9 Å². The van der Waals surface area contributed by atoms with Crippen LogP contribution in [0.1, 0.15) is 4.88 Å². The van der Waals surface area contributed by atoms with Crippen molar-refractivity contribution >= 4 is 40.4 Å². The number of piperazine rings is 1. The highest BCUT2D eigenvalue weighted by Crippen LogP contribution is 2.28. The fraction of sp³-hybridized carbons (Fsp3) is 0.357. The Labute approximate surface area is 137 Å². The highest BCUT2D eigenvalue weighted by atomic mass is 32.1. The van der Waals surface area contributed by atoms with Crippen molar-refractivity contribution in [3.8, 4) is 0 Å². The molecule has 0 amide bonds. The molecule has 23 heavy (non-hydrogen) atoms. The maximum Gasteiger partial charge on any atom is 0.224 e. The smallest absolute Gasteiger partial charge is 0.224 e. The average Bonchev–Trinajstić information content (AvgIpc) is 3.04. The minimum atomic E-state index is -0.359. The SMILES string of the molecule is Nc1nc(N)c(N)c(N2CCNCC2C(=O)Cc2cccs2)n1. The van der Waals surface area contributed by atoms with Gasteiger partial charge in [0.25, 0.3) is 0 Å². The molecular formula is C14H19N7OS. The van der Waals surface area contributed by atoms with Gasteiger partial charge in [-0.2, -0.15) is 9.97 Å². The van der Waals surface area contributed by atoms with Crippen molar-refractivity contribution in [2.45, 2.75) is 12.5 Å². The first-order chi connectivity index (χ1) is 11.1. The van der Waals surface area contributed by atoms with Gasteiger partial charge in [0.15, 0.2) is 17.4 Å². The third kappa shape index (κ3) is 3.20. The van der Waals surface area contributed by atoms with Crippen molar-refractivity contribution in [2.75, 3.05) is 41.7 Å². The number of nitrogens with zero attached hydrogens (tertiary/aromatic N) is 3. The second kappa shape index (κ2) is 6.39. The van der Waals surface area contributed by atoms with E-state index in [0.717, 1.165) is 11.4 Å². The zero-order chi connectivity index (χ0) is 16.4. The number of nitrogens with one attached hydrogen (secondary N) is 1. The summed E-state index contributed by atoms with van der Waals surface area (Å²) in [6.45, 7) is 1.86. The van der Waals surface area contributed by atoms with E-state index in [2.05, 4.69) is 15.3 Å². The van der Waals surface area contributed by atoms with Crippen LogP contribution in [0, 0.1) is 0 Å². The van der Waals surface area contributed by atoms with E-state index in [1.807, 2.05) is 22.4 Å². The molecule has 2 aromatic rings. The van der Waals surface area contributed by atoms with Crippen LogP contribution < -0.4 is 27.4 Å². The van der Waals surface area contributed by atoms with Gasteiger partial charge in [0.2, 0.25) is 5.95 Å². The van der Waals surface area contributed by atoms with Crippen LogP contribution in [0.4, 0.5) is 23.3 Å². The first-order valence-electron chi connectivity index (χ1n) is 7.27. The number of hydrogen-bond acceptors (Lipinski definition) is 9. The molecule has 1 aliphatic rings. The Bertz CT molecular complexity index is 703. The lowest BCUT2D eigenvalue weighted by Gasteiger charge is -2.36. The van der Waals surface area contributed by atoms with Gasteiger partial charge in [-0.3, -0.25) is 4.79 Å². The van der Waals surface area contributed by atoms with Crippen LogP contribution in [0.25, 0.3) is 0 Å². The lowest BCUT2D eigenvalue weighted by atomic mass is 10.0. The number of nitrogen functional groups attached to an aromatic ring is 3. The quantitative estimate of drug-likeness (QED) is 0.607. The molecule has 8 nitrogen and oxygen atoms in total. The van der Waals surface area contributed by atoms with Crippen LogP contribution in [0.5, 0.6) is 0 Å². The number of aromatic nitrogens is 2. The lowest BCUT2D eigenvalue weighted by Crippen LogP contribution is -2.56. The number of hydrogen-bond donors (Lipinski definition) is 4. The molecule has 1 atom stereocenters. The Morgan fingerprint density at radius 1 is 1.39 bits per heavy atom. The van der Waals surface area contributed by atoms with Crippen molar-refractivity contribution < 1.29 is 4.79 Å². The van der Waals surface area contributed by atoms with E-state index in [-0.39, 0.29) is 29.3 Å². The number of ketones is 1. The fourth-order valence-electron chi connectivity index (χ4n) is 2.66. The number of carbonyl (C=O) groups excluding carboxylic acids is 1. The van der Waals surface area contributed by atoms with E-state index >= 15 is 0 Å². The van der Waals surface area contributed by atoms with Crippen molar-refractivity contribution in [3.05, 3.63) is 22.4 Å². The molecule has 1 saturated heterocycles. The summed E-state index contributed by atoms with van der Waals surface area (Å²) in [6.07, 6.45) is 0.385. The molecule has 0 bridgehead atoms. The Morgan fingerprint density at radius 3 is 2.96 bits per heavy atom. The molecule has 122 valence electrons. The summed E-state index contributed by atoms with van der Waals surface area (Å²) >= 11 is 1.57. The van der Waals surface area contributed by atoms with E-state index in [0.29, 0.717) is 25.3 Å². The first kappa shape index (κ1) is 15.5. The third-order valence-electron chi connectivity index (χ3n) is 3.79. The van der Waals surface area contributed by atoms with Crippen LogP contribution in [0.15, 0.2) is 17.5 Å². The standard InChI is InChI=1S/C14H19N7OS/c15-11-12(16)19-14(17)20-13(11)21-4-3-18-7-9(21)10(22)6-8-2-1-5-23-8/h1-2,5,9,18H,3-4,6-7,15H2,(H4,16,17,19,20). The van der Waals surface area contributed by atoms with E-state index in [1.54, 1.807) is 11.3 Å². The number of nitrogens with two attached hydrogens (primary N) is 3. The Kier molecular flexibility index (Phi) is 4.30. The van der Waals surface area contributed by atoms with Gasteiger partial charge in [-0.1, -0.05) is 6.07 Å². The van der Waals surface area contributed by atoms with Gasteiger partial charge in [-0.15, -0.1) is 11.3 Å². The topological polar surface area (TPSA) is 136 Å². The Morgan fingerprint density at radius 2 is 2.22 bits per heavy atom. The number of Topliss-reactive ketones (excluding diaryl/α,β-unsaturated/α-hetero) is 1. The van der Waals surface area contributed by atoms with Crippen LogP contribution >= 0.6 is 11.3 Å². The molecule has 3 rings (SSSR count).